The summed E-state index contributed by atoms with van der Waals surface area (Å²) in [6.07, 6.45) is 3.32. The van der Waals surface area contributed by atoms with Crippen molar-refractivity contribution in [1.29, 1.82) is 0 Å². The predicted molar refractivity (Wildman–Crippen MR) is 81.0 cm³/mol. The molecule has 0 spiro atoms. The Labute approximate surface area is 118 Å². The van der Waals surface area contributed by atoms with E-state index in [2.05, 4.69) is 34.8 Å². The van der Waals surface area contributed by atoms with Gasteiger partial charge < -0.3 is 0 Å². The zero-order chi connectivity index (χ0) is 13.1. The van der Waals surface area contributed by atoms with Gasteiger partial charge in [-0.1, -0.05) is 41.9 Å². The highest BCUT2D eigenvalue weighted by Gasteiger charge is 2.14. The van der Waals surface area contributed by atoms with Crippen LogP contribution >= 0.6 is 11.6 Å². The number of hydrogen-bond acceptors (Lipinski definition) is 2. The molecule has 1 aliphatic carbocycles. The molecule has 1 aliphatic rings. The van der Waals surface area contributed by atoms with Gasteiger partial charge in [0.05, 0.1) is 11.4 Å². The molecule has 3 rings (SSSR count). The third-order valence-electron chi connectivity index (χ3n) is 3.33. The minimum absolute atomic E-state index is 0.717. The van der Waals surface area contributed by atoms with Crippen LogP contribution in [0.5, 0.6) is 0 Å². The maximum Gasteiger partial charge on any atom is 0.0682 e. The molecule has 0 saturated heterocycles. The fraction of sp³-hybridized carbons (Fsp3) is 0.188. The molecule has 1 N–H and O–H groups in total. The molecular weight excluding hydrogens is 256 g/mol. The van der Waals surface area contributed by atoms with E-state index in [4.69, 9.17) is 11.6 Å². The topological polar surface area (TPSA) is 24.4 Å². The summed E-state index contributed by atoms with van der Waals surface area (Å²) < 4.78 is 0. The third-order valence-corrected chi connectivity index (χ3v) is 3.57. The molecule has 0 amide bonds. The SMILES string of the molecule is Clc1cccc(NN=C2CCCc3ccccc32)c1. The Balaban J connectivity index is 1.85. The van der Waals surface area contributed by atoms with Crippen LogP contribution in [0.15, 0.2) is 53.6 Å². The van der Waals surface area contributed by atoms with Crippen molar-refractivity contribution in [3.05, 3.63) is 64.7 Å². The van der Waals surface area contributed by atoms with E-state index in [-0.39, 0.29) is 0 Å². The Kier molecular flexibility index (Phi) is 3.51. The number of aryl methyl sites for hydroxylation is 1. The normalized spacial score (nSPS) is 16.2. The molecular formula is C16H15ClN2. The Morgan fingerprint density at radius 1 is 1.00 bits per heavy atom. The van der Waals surface area contributed by atoms with Crippen molar-refractivity contribution in [1.82, 2.24) is 0 Å². The summed E-state index contributed by atoms with van der Waals surface area (Å²) in [6, 6.07) is 16.1. The number of benzene rings is 2. The van der Waals surface area contributed by atoms with Gasteiger partial charge in [0.25, 0.3) is 0 Å². The van der Waals surface area contributed by atoms with Crippen LogP contribution in [-0.4, -0.2) is 5.71 Å². The molecule has 0 radical (unpaired) electrons. The zero-order valence-electron chi connectivity index (χ0n) is 10.6. The van der Waals surface area contributed by atoms with E-state index in [1.54, 1.807) is 0 Å². The lowest BCUT2D eigenvalue weighted by Gasteiger charge is -2.17. The van der Waals surface area contributed by atoms with Crippen LogP contribution in [-0.2, 0) is 6.42 Å². The molecule has 96 valence electrons. The highest BCUT2D eigenvalue weighted by molar-refractivity contribution is 6.30. The van der Waals surface area contributed by atoms with Crippen LogP contribution in [0.3, 0.4) is 0 Å². The van der Waals surface area contributed by atoms with Crippen molar-refractivity contribution in [3.8, 4) is 0 Å². The van der Waals surface area contributed by atoms with E-state index in [9.17, 15) is 0 Å². The van der Waals surface area contributed by atoms with Gasteiger partial charge in [-0.2, -0.15) is 5.10 Å². The number of nitrogens with one attached hydrogen (secondary N) is 1. The van der Waals surface area contributed by atoms with Gasteiger partial charge in [-0.3, -0.25) is 5.43 Å². The summed E-state index contributed by atoms with van der Waals surface area (Å²) >= 11 is 5.96. The first kappa shape index (κ1) is 12.2. The van der Waals surface area contributed by atoms with E-state index in [0.717, 1.165) is 30.7 Å². The largest absolute Gasteiger partial charge is 0.278 e. The quantitative estimate of drug-likeness (QED) is 0.799. The van der Waals surface area contributed by atoms with E-state index in [1.165, 1.54) is 11.1 Å². The molecule has 0 aromatic heterocycles. The van der Waals surface area contributed by atoms with Crippen LogP contribution in [0.2, 0.25) is 5.02 Å². The average molecular weight is 271 g/mol. The molecule has 0 saturated carbocycles. The second kappa shape index (κ2) is 5.45. The Morgan fingerprint density at radius 3 is 2.79 bits per heavy atom. The second-order valence-electron chi connectivity index (χ2n) is 4.69. The maximum atomic E-state index is 5.96. The fourth-order valence-corrected chi connectivity index (χ4v) is 2.60. The number of halogens is 1. The minimum atomic E-state index is 0.717. The molecule has 2 nitrogen and oxygen atoms in total. The Morgan fingerprint density at radius 2 is 1.89 bits per heavy atom. The van der Waals surface area contributed by atoms with Crippen molar-refractivity contribution < 1.29 is 0 Å². The number of hydrazone groups is 1. The summed E-state index contributed by atoms with van der Waals surface area (Å²) in [4.78, 5) is 0. The molecule has 0 heterocycles. The van der Waals surface area contributed by atoms with Gasteiger partial charge in [-0.05, 0) is 43.0 Å². The number of rotatable bonds is 2. The van der Waals surface area contributed by atoms with Gasteiger partial charge in [-0.25, -0.2) is 0 Å². The standard InChI is InChI=1S/C16H15ClN2/c17-13-7-4-8-14(11-13)18-19-16-10-3-6-12-5-1-2-9-15(12)16/h1-2,4-5,7-9,11,18H,3,6,10H2. The van der Waals surface area contributed by atoms with Crippen LogP contribution < -0.4 is 5.43 Å². The molecule has 2 aromatic rings. The number of hydrogen-bond donors (Lipinski definition) is 1. The first-order valence-corrected chi connectivity index (χ1v) is 6.87. The average Bonchev–Trinajstić information content (AvgIpc) is 2.45. The van der Waals surface area contributed by atoms with Gasteiger partial charge in [-0.15, -0.1) is 0 Å². The Bertz CT molecular complexity index is 620. The van der Waals surface area contributed by atoms with E-state index >= 15 is 0 Å². The summed E-state index contributed by atoms with van der Waals surface area (Å²) in [5, 5.41) is 5.26. The first-order valence-electron chi connectivity index (χ1n) is 6.49. The lowest BCUT2D eigenvalue weighted by atomic mass is 9.90. The monoisotopic (exact) mass is 270 g/mol. The molecule has 3 heteroatoms. The molecule has 0 aliphatic heterocycles. The summed E-state index contributed by atoms with van der Waals surface area (Å²) in [6.45, 7) is 0. The van der Waals surface area contributed by atoms with Crippen molar-refractivity contribution in [2.75, 3.05) is 5.43 Å². The van der Waals surface area contributed by atoms with E-state index in [1.807, 2.05) is 24.3 Å². The van der Waals surface area contributed by atoms with Gasteiger partial charge in [0.15, 0.2) is 0 Å². The molecule has 0 fully saturated rings. The number of nitrogens with zero attached hydrogens (tertiary/aromatic N) is 1. The lowest BCUT2D eigenvalue weighted by molar-refractivity contribution is 0.837. The second-order valence-corrected chi connectivity index (χ2v) is 5.13. The van der Waals surface area contributed by atoms with Crippen LogP contribution in [0, 0.1) is 0 Å². The van der Waals surface area contributed by atoms with Crippen molar-refractivity contribution >= 4 is 23.0 Å². The highest BCUT2D eigenvalue weighted by atomic mass is 35.5. The first-order chi connectivity index (χ1) is 9.33. The van der Waals surface area contributed by atoms with Gasteiger partial charge in [0.1, 0.15) is 0 Å². The minimum Gasteiger partial charge on any atom is -0.278 e. The third kappa shape index (κ3) is 2.79. The zero-order valence-corrected chi connectivity index (χ0v) is 11.3. The number of fused-ring (bicyclic) bond motifs is 1. The summed E-state index contributed by atoms with van der Waals surface area (Å²) in [5.41, 5.74) is 7.80. The molecule has 0 atom stereocenters. The van der Waals surface area contributed by atoms with Crippen LogP contribution in [0.25, 0.3) is 0 Å². The van der Waals surface area contributed by atoms with Crippen LogP contribution in [0.4, 0.5) is 5.69 Å². The number of anilines is 1. The Hall–Kier alpha value is -1.80. The van der Waals surface area contributed by atoms with Crippen LogP contribution in [0.1, 0.15) is 24.0 Å². The van der Waals surface area contributed by atoms with E-state index in [0.29, 0.717) is 5.02 Å². The van der Waals surface area contributed by atoms with E-state index < -0.39 is 0 Å². The predicted octanol–water partition coefficient (Wildman–Crippen LogP) is 4.49. The van der Waals surface area contributed by atoms with Crippen molar-refractivity contribution in [2.45, 2.75) is 19.3 Å². The molecule has 2 aromatic carbocycles. The highest BCUT2D eigenvalue weighted by Crippen LogP contribution is 2.22. The van der Waals surface area contributed by atoms with Gasteiger partial charge in [0, 0.05) is 10.6 Å². The fourth-order valence-electron chi connectivity index (χ4n) is 2.41. The summed E-state index contributed by atoms with van der Waals surface area (Å²) in [7, 11) is 0. The maximum absolute atomic E-state index is 5.96. The lowest BCUT2D eigenvalue weighted by Crippen LogP contribution is -2.13. The molecule has 19 heavy (non-hydrogen) atoms. The summed E-state index contributed by atoms with van der Waals surface area (Å²) in [5.74, 6) is 0. The smallest absolute Gasteiger partial charge is 0.0682 e. The molecule has 0 unspecified atom stereocenters. The van der Waals surface area contributed by atoms with Crippen molar-refractivity contribution in [2.24, 2.45) is 5.10 Å². The van der Waals surface area contributed by atoms with Crippen molar-refractivity contribution in [3.63, 3.8) is 0 Å². The van der Waals surface area contributed by atoms with Gasteiger partial charge in [0.2, 0.25) is 0 Å². The van der Waals surface area contributed by atoms with Gasteiger partial charge >= 0.3 is 0 Å². The molecule has 0 bridgehead atoms.